The van der Waals surface area contributed by atoms with Gasteiger partial charge in [0.05, 0.1) is 0 Å². The fourth-order valence-electron chi connectivity index (χ4n) is 1.81. The van der Waals surface area contributed by atoms with E-state index in [0.29, 0.717) is 13.0 Å². The third-order valence-electron chi connectivity index (χ3n) is 2.83. The van der Waals surface area contributed by atoms with Crippen LogP contribution in [-0.2, 0) is 6.42 Å². The van der Waals surface area contributed by atoms with Crippen molar-refractivity contribution < 1.29 is 22.7 Å². The van der Waals surface area contributed by atoms with Gasteiger partial charge in [-0.2, -0.15) is 8.78 Å². The Hall–Kier alpha value is -2.77. The second kappa shape index (κ2) is 8.02. The normalized spacial score (nSPS) is 10.4. The van der Waals surface area contributed by atoms with Crippen LogP contribution in [0.2, 0.25) is 0 Å². The number of alkyl halides is 2. The molecular weight excluding hydrogens is 311 g/mol. The fraction of sp³-hybridized carbons (Fsp3) is 0.200. The van der Waals surface area contributed by atoms with Gasteiger partial charge in [-0.3, -0.25) is 4.98 Å². The third kappa shape index (κ3) is 5.50. The minimum Gasteiger partial charge on any atom is -0.432 e. The number of carbonyl (C=O) groups excluding carboxylic acids is 1. The van der Waals surface area contributed by atoms with Gasteiger partial charge in [0.25, 0.3) is 0 Å². The predicted molar refractivity (Wildman–Crippen MR) is 78.0 cm³/mol. The first-order chi connectivity index (χ1) is 11.0. The Morgan fingerprint density at radius 1 is 1.30 bits per heavy atom. The van der Waals surface area contributed by atoms with E-state index in [9.17, 15) is 18.0 Å². The molecule has 122 valence electrons. The van der Waals surface area contributed by atoms with E-state index in [1.165, 1.54) is 6.07 Å². The van der Waals surface area contributed by atoms with Crippen LogP contribution in [0, 0.1) is 5.82 Å². The summed E-state index contributed by atoms with van der Waals surface area (Å²) in [5.74, 6) is -1.57. The Morgan fingerprint density at radius 2 is 2.13 bits per heavy atom. The minimum absolute atomic E-state index is 0.128. The largest absolute Gasteiger partial charge is 0.432 e. The second-order valence-electron chi connectivity index (χ2n) is 4.52. The fourth-order valence-corrected chi connectivity index (χ4v) is 1.81. The molecule has 0 saturated heterocycles. The number of benzene rings is 1. The highest BCUT2D eigenvalue weighted by Crippen LogP contribution is 2.22. The van der Waals surface area contributed by atoms with E-state index < -0.39 is 24.2 Å². The Bertz CT molecular complexity index is 654. The summed E-state index contributed by atoms with van der Waals surface area (Å²) in [6.45, 7) is -2.74. The Balaban J connectivity index is 1.82. The standard InChI is InChI=1S/C15H14F3N3O2/c16-12-8-11(3-4-13(12)23-14(17)18)21-15(22)20-7-5-10-2-1-6-19-9-10/h1-4,6,8-9,14H,5,7H2,(H2,20,21,22). The molecular formula is C15H14F3N3O2. The van der Waals surface area contributed by atoms with E-state index in [1.807, 2.05) is 6.07 Å². The molecule has 0 saturated carbocycles. The van der Waals surface area contributed by atoms with Crippen LogP contribution < -0.4 is 15.4 Å². The van der Waals surface area contributed by atoms with E-state index in [2.05, 4.69) is 20.4 Å². The summed E-state index contributed by atoms with van der Waals surface area (Å²) in [5.41, 5.74) is 1.09. The minimum atomic E-state index is -3.11. The molecule has 0 fully saturated rings. The number of ether oxygens (including phenoxy) is 1. The van der Waals surface area contributed by atoms with Crippen LogP contribution in [0.4, 0.5) is 23.7 Å². The molecule has 0 radical (unpaired) electrons. The van der Waals surface area contributed by atoms with E-state index in [1.54, 1.807) is 18.5 Å². The number of hydrogen-bond acceptors (Lipinski definition) is 3. The molecule has 1 aromatic heterocycles. The summed E-state index contributed by atoms with van der Waals surface area (Å²) in [5, 5.41) is 5.00. The molecule has 1 aromatic carbocycles. The lowest BCUT2D eigenvalue weighted by molar-refractivity contribution is -0.0521. The second-order valence-corrected chi connectivity index (χ2v) is 4.52. The first-order valence-corrected chi connectivity index (χ1v) is 6.72. The van der Waals surface area contributed by atoms with Gasteiger partial charge in [-0.1, -0.05) is 6.07 Å². The van der Waals surface area contributed by atoms with Crippen molar-refractivity contribution in [2.75, 3.05) is 11.9 Å². The van der Waals surface area contributed by atoms with E-state index in [0.717, 1.165) is 17.7 Å². The lowest BCUT2D eigenvalue weighted by Crippen LogP contribution is -2.30. The summed E-state index contributed by atoms with van der Waals surface area (Å²) >= 11 is 0. The molecule has 0 bridgehead atoms. The van der Waals surface area contributed by atoms with Gasteiger partial charge in [-0.15, -0.1) is 0 Å². The zero-order valence-corrected chi connectivity index (χ0v) is 11.9. The van der Waals surface area contributed by atoms with Gasteiger partial charge in [-0.05, 0) is 30.2 Å². The predicted octanol–water partition coefficient (Wildman–Crippen LogP) is 3.19. The van der Waals surface area contributed by atoms with Crippen LogP contribution >= 0.6 is 0 Å². The highest BCUT2D eigenvalue weighted by atomic mass is 19.3. The number of urea groups is 1. The summed E-state index contributed by atoms with van der Waals surface area (Å²) in [6.07, 6.45) is 3.94. The Kier molecular flexibility index (Phi) is 5.79. The number of amides is 2. The molecule has 23 heavy (non-hydrogen) atoms. The number of carbonyl (C=O) groups is 1. The first-order valence-electron chi connectivity index (χ1n) is 6.72. The quantitative estimate of drug-likeness (QED) is 0.857. The topological polar surface area (TPSA) is 63.2 Å². The summed E-state index contributed by atoms with van der Waals surface area (Å²) in [7, 11) is 0. The summed E-state index contributed by atoms with van der Waals surface area (Å²) < 4.78 is 41.5. The van der Waals surface area contributed by atoms with Gasteiger partial charge >= 0.3 is 12.6 Å². The van der Waals surface area contributed by atoms with Gasteiger partial charge in [0.1, 0.15) is 0 Å². The number of hydrogen-bond donors (Lipinski definition) is 2. The molecule has 0 atom stereocenters. The van der Waals surface area contributed by atoms with Gasteiger partial charge < -0.3 is 15.4 Å². The van der Waals surface area contributed by atoms with Crippen molar-refractivity contribution in [1.29, 1.82) is 0 Å². The van der Waals surface area contributed by atoms with Gasteiger partial charge in [0.2, 0.25) is 0 Å². The van der Waals surface area contributed by atoms with Gasteiger partial charge in [0.15, 0.2) is 11.6 Å². The molecule has 5 nitrogen and oxygen atoms in total. The van der Waals surface area contributed by atoms with Crippen molar-refractivity contribution in [2.24, 2.45) is 0 Å². The van der Waals surface area contributed by atoms with Crippen molar-refractivity contribution in [3.05, 3.63) is 54.1 Å². The number of halogens is 3. The van der Waals surface area contributed by atoms with Gasteiger partial charge in [-0.25, -0.2) is 9.18 Å². The Morgan fingerprint density at radius 3 is 2.78 bits per heavy atom. The molecule has 0 aliphatic rings. The highest BCUT2D eigenvalue weighted by molar-refractivity contribution is 5.89. The molecule has 0 aliphatic heterocycles. The van der Waals surface area contributed by atoms with Crippen molar-refractivity contribution in [1.82, 2.24) is 10.3 Å². The summed E-state index contributed by atoms with van der Waals surface area (Å²) in [4.78, 5) is 15.6. The third-order valence-corrected chi connectivity index (χ3v) is 2.83. The van der Waals surface area contributed by atoms with Crippen LogP contribution in [0.5, 0.6) is 5.75 Å². The van der Waals surface area contributed by atoms with Crippen LogP contribution in [0.3, 0.4) is 0 Å². The number of nitrogens with one attached hydrogen (secondary N) is 2. The van der Waals surface area contributed by atoms with Crippen LogP contribution in [0.1, 0.15) is 5.56 Å². The lowest BCUT2D eigenvalue weighted by atomic mass is 10.2. The molecule has 0 unspecified atom stereocenters. The molecule has 2 rings (SSSR count). The van der Waals surface area contributed by atoms with Crippen molar-refractivity contribution in [3.8, 4) is 5.75 Å². The molecule has 0 spiro atoms. The SMILES string of the molecule is O=C(NCCc1cccnc1)Nc1ccc(OC(F)F)c(F)c1. The maximum absolute atomic E-state index is 13.5. The smallest absolute Gasteiger partial charge is 0.387 e. The molecule has 1 heterocycles. The summed E-state index contributed by atoms with van der Waals surface area (Å²) in [6, 6.07) is 6.33. The average molecular weight is 325 g/mol. The number of nitrogens with zero attached hydrogens (tertiary/aromatic N) is 1. The Labute approximate surface area is 130 Å². The van der Waals surface area contributed by atoms with E-state index >= 15 is 0 Å². The van der Waals surface area contributed by atoms with Gasteiger partial charge in [0, 0.05) is 30.7 Å². The molecule has 2 amide bonds. The molecule has 2 N–H and O–H groups in total. The number of rotatable bonds is 6. The lowest BCUT2D eigenvalue weighted by Gasteiger charge is -2.10. The van der Waals surface area contributed by atoms with E-state index in [-0.39, 0.29) is 5.69 Å². The van der Waals surface area contributed by atoms with Crippen molar-refractivity contribution >= 4 is 11.7 Å². The van der Waals surface area contributed by atoms with Crippen LogP contribution in [0.25, 0.3) is 0 Å². The molecule has 8 heteroatoms. The monoisotopic (exact) mass is 325 g/mol. The number of aromatic nitrogens is 1. The molecule has 0 aliphatic carbocycles. The number of anilines is 1. The zero-order valence-electron chi connectivity index (χ0n) is 11.9. The number of pyridine rings is 1. The van der Waals surface area contributed by atoms with E-state index in [4.69, 9.17) is 0 Å². The average Bonchev–Trinajstić information content (AvgIpc) is 2.51. The van der Waals surface area contributed by atoms with Crippen LogP contribution in [-0.4, -0.2) is 24.2 Å². The van der Waals surface area contributed by atoms with Crippen LogP contribution in [0.15, 0.2) is 42.7 Å². The highest BCUT2D eigenvalue weighted by Gasteiger charge is 2.11. The van der Waals surface area contributed by atoms with Crippen molar-refractivity contribution in [2.45, 2.75) is 13.0 Å². The first kappa shape index (κ1) is 16.6. The zero-order chi connectivity index (χ0) is 16.7. The molecule has 2 aromatic rings. The maximum atomic E-state index is 13.5. The van der Waals surface area contributed by atoms with Crippen molar-refractivity contribution in [3.63, 3.8) is 0 Å². The maximum Gasteiger partial charge on any atom is 0.387 e.